The van der Waals surface area contributed by atoms with Crippen LogP contribution in [0.15, 0.2) is 36.4 Å². The van der Waals surface area contributed by atoms with Gasteiger partial charge in [0.05, 0.1) is 5.56 Å². The fourth-order valence-electron chi connectivity index (χ4n) is 1.59. The van der Waals surface area contributed by atoms with E-state index in [1.54, 1.807) is 18.2 Å². The third-order valence-electron chi connectivity index (χ3n) is 2.55. The van der Waals surface area contributed by atoms with Crippen LogP contribution in [0.3, 0.4) is 0 Å². The van der Waals surface area contributed by atoms with Gasteiger partial charge in [-0.15, -0.1) is 0 Å². The number of benzene rings is 2. The summed E-state index contributed by atoms with van der Waals surface area (Å²) in [4.78, 5) is 11.6. The molecule has 0 aliphatic rings. The molecule has 0 saturated heterocycles. The Bertz CT molecular complexity index is 645. The average molecular weight is 281 g/mol. The van der Waals surface area contributed by atoms with Crippen molar-refractivity contribution in [3.05, 3.63) is 59.4 Å². The number of para-hydroxylation sites is 1. The molecule has 0 spiro atoms. The minimum absolute atomic E-state index is 0.197. The van der Waals surface area contributed by atoms with Crippen molar-refractivity contribution in [1.82, 2.24) is 5.32 Å². The standard InChI is InChI=1S/C14H10F3NO2/c1-18-14(19)9-7-10(15)11(16)12(17)13(9)20-8-5-3-2-4-6-8/h2-7H,1H3,(H,18,19). The zero-order valence-electron chi connectivity index (χ0n) is 10.4. The van der Waals surface area contributed by atoms with Gasteiger partial charge in [-0.3, -0.25) is 4.79 Å². The van der Waals surface area contributed by atoms with Crippen molar-refractivity contribution < 1.29 is 22.7 Å². The molecule has 0 saturated carbocycles. The predicted molar refractivity (Wildman–Crippen MR) is 66.2 cm³/mol. The van der Waals surface area contributed by atoms with Gasteiger partial charge in [0.1, 0.15) is 5.75 Å². The lowest BCUT2D eigenvalue weighted by Crippen LogP contribution is -2.20. The van der Waals surface area contributed by atoms with Crippen LogP contribution in [0.2, 0.25) is 0 Å². The van der Waals surface area contributed by atoms with Crippen molar-refractivity contribution >= 4 is 5.91 Å². The van der Waals surface area contributed by atoms with Crippen molar-refractivity contribution in [2.45, 2.75) is 0 Å². The van der Waals surface area contributed by atoms with Crippen LogP contribution in [0.25, 0.3) is 0 Å². The summed E-state index contributed by atoms with van der Waals surface area (Å²) in [5, 5.41) is 2.21. The van der Waals surface area contributed by atoms with E-state index in [0.29, 0.717) is 6.07 Å². The molecule has 0 radical (unpaired) electrons. The summed E-state index contributed by atoms with van der Waals surface area (Å²) in [5.74, 6) is -5.94. The number of halogens is 3. The van der Waals surface area contributed by atoms with Gasteiger partial charge in [-0.1, -0.05) is 18.2 Å². The second kappa shape index (κ2) is 5.64. The highest BCUT2D eigenvalue weighted by Crippen LogP contribution is 2.31. The van der Waals surface area contributed by atoms with Gasteiger partial charge in [-0.25, -0.2) is 8.78 Å². The van der Waals surface area contributed by atoms with Gasteiger partial charge in [0, 0.05) is 7.05 Å². The summed E-state index contributed by atoms with van der Waals surface area (Å²) in [6, 6.07) is 8.52. The third kappa shape index (κ3) is 2.59. The predicted octanol–water partition coefficient (Wildman–Crippen LogP) is 3.26. The van der Waals surface area contributed by atoms with E-state index in [-0.39, 0.29) is 5.75 Å². The average Bonchev–Trinajstić information content (AvgIpc) is 2.48. The minimum Gasteiger partial charge on any atom is -0.453 e. The number of hydrogen-bond donors (Lipinski definition) is 1. The number of nitrogens with one attached hydrogen (secondary N) is 1. The molecule has 0 aliphatic heterocycles. The second-order valence-electron chi connectivity index (χ2n) is 3.86. The Kier molecular flexibility index (Phi) is 3.93. The summed E-state index contributed by atoms with van der Waals surface area (Å²) in [5.41, 5.74) is -0.423. The Balaban J connectivity index is 2.55. The smallest absolute Gasteiger partial charge is 0.255 e. The van der Waals surface area contributed by atoms with Crippen LogP contribution in [0, 0.1) is 17.5 Å². The largest absolute Gasteiger partial charge is 0.453 e. The van der Waals surface area contributed by atoms with E-state index in [1.165, 1.54) is 19.2 Å². The molecule has 0 atom stereocenters. The highest BCUT2D eigenvalue weighted by Gasteiger charge is 2.24. The number of rotatable bonds is 3. The second-order valence-corrected chi connectivity index (χ2v) is 3.86. The molecule has 1 N–H and O–H groups in total. The Labute approximate surface area is 113 Å². The molecular weight excluding hydrogens is 271 g/mol. The lowest BCUT2D eigenvalue weighted by molar-refractivity contribution is 0.0959. The van der Waals surface area contributed by atoms with Gasteiger partial charge in [-0.2, -0.15) is 4.39 Å². The summed E-state index contributed by atoms with van der Waals surface area (Å²) in [6.45, 7) is 0. The Hall–Kier alpha value is -2.50. The maximum atomic E-state index is 13.8. The zero-order chi connectivity index (χ0) is 14.7. The van der Waals surface area contributed by atoms with Crippen LogP contribution in [0.5, 0.6) is 11.5 Å². The van der Waals surface area contributed by atoms with E-state index in [4.69, 9.17) is 4.74 Å². The first-order valence-corrected chi connectivity index (χ1v) is 5.67. The first-order valence-electron chi connectivity index (χ1n) is 5.67. The van der Waals surface area contributed by atoms with E-state index in [1.807, 2.05) is 0 Å². The van der Waals surface area contributed by atoms with Crippen molar-refractivity contribution in [1.29, 1.82) is 0 Å². The Morgan fingerprint density at radius 1 is 1.10 bits per heavy atom. The monoisotopic (exact) mass is 281 g/mol. The molecular formula is C14H10F3NO2. The molecule has 20 heavy (non-hydrogen) atoms. The number of hydrogen-bond acceptors (Lipinski definition) is 2. The summed E-state index contributed by atoms with van der Waals surface area (Å²) in [7, 11) is 1.29. The van der Waals surface area contributed by atoms with Crippen molar-refractivity contribution in [2.24, 2.45) is 0 Å². The number of amides is 1. The van der Waals surface area contributed by atoms with Crippen LogP contribution in [0.1, 0.15) is 10.4 Å². The molecule has 0 heterocycles. The SMILES string of the molecule is CNC(=O)c1cc(F)c(F)c(F)c1Oc1ccccc1. The normalized spacial score (nSPS) is 10.2. The summed E-state index contributed by atoms with van der Waals surface area (Å²) >= 11 is 0. The fraction of sp³-hybridized carbons (Fsp3) is 0.0714. The number of carbonyl (C=O) groups is 1. The topological polar surface area (TPSA) is 38.3 Å². The minimum atomic E-state index is -1.69. The highest BCUT2D eigenvalue weighted by molar-refractivity contribution is 5.97. The molecule has 0 fully saturated rings. The molecule has 0 unspecified atom stereocenters. The van der Waals surface area contributed by atoms with Crippen molar-refractivity contribution in [2.75, 3.05) is 7.05 Å². The lowest BCUT2D eigenvalue weighted by Gasteiger charge is -2.12. The molecule has 0 bridgehead atoms. The number of ether oxygens (including phenoxy) is 1. The molecule has 3 nitrogen and oxygen atoms in total. The maximum Gasteiger partial charge on any atom is 0.255 e. The third-order valence-corrected chi connectivity index (χ3v) is 2.55. The first-order chi connectivity index (χ1) is 9.54. The van der Waals surface area contributed by atoms with E-state index in [2.05, 4.69) is 5.32 Å². The number of carbonyl (C=O) groups excluding carboxylic acids is 1. The van der Waals surface area contributed by atoms with Gasteiger partial charge in [0.25, 0.3) is 5.91 Å². The van der Waals surface area contributed by atoms with Crippen LogP contribution in [-0.4, -0.2) is 13.0 Å². The van der Waals surface area contributed by atoms with Gasteiger partial charge in [0.15, 0.2) is 17.4 Å². The Morgan fingerprint density at radius 2 is 1.75 bits per heavy atom. The van der Waals surface area contributed by atoms with Gasteiger partial charge >= 0.3 is 0 Å². The highest BCUT2D eigenvalue weighted by atomic mass is 19.2. The molecule has 104 valence electrons. The van der Waals surface area contributed by atoms with Crippen LogP contribution in [0.4, 0.5) is 13.2 Å². The van der Waals surface area contributed by atoms with Gasteiger partial charge in [0.2, 0.25) is 5.82 Å². The van der Waals surface area contributed by atoms with Gasteiger partial charge < -0.3 is 10.1 Å². The molecule has 0 aliphatic carbocycles. The van der Waals surface area contributed by atoms with E-state index < -0.39 is 34.7 Å². The zero-order valence-corrected chi connectivity index (χ0v) is 10.4. The van der Waals surface area contributed by atoms with Crippen LogP contribution in [-0.2, 0) is 0 Å². The molecule has 2 aromatic rings. The summed E-state index contributed by atoms with van der Waals surface area (Å²) < 4.78 is 45.4. The first kappa shape index (κ1) is 13.9. The molecule has 2 rings (SSSR count). The van der Waals surface area contributed by atoms with E-state index in [0.717, 1.165) is 0 Å². The van der Waals surface area contributed by atoms with Gasteiger partial charge in [-0.05, 0) is 18.2 Å². The van der Waals surface area contributed by atoms with Crippen LogP contribution < -0.4 is 10.1 Å². The molecule has 2 aromatic carbocycles. The van der Waals surface area contributed by atoms with E-state index in [9.17, 15) is 18.0 Å². The fourth-order valence-corrected chi connectivity index (χ4v) is 1.59. The van der Waals surface area contributed by atoms with Crippen LogP contribution >= 0.6 is 0 Å². The Morgan fingerprint density at radius 3 is 2.35 bits per heavy atom. The maximum absolute atomic E-state index is 13.8. The van der Waals surface area contributed by atoms with Crippen molar-refractivity contribution in [3.63, 3.8) is 0 Å². The molecule has 6 heteroatoms. The quantitative estimate of drug-likeness (QED) is 0.877. The lowest BCUT2D eigenvalue weighted by atomic mass is 10.1. The van der Waals surface area contributed by atoms with E-state index >= 15 is 0 Å². The molecule has 0 aromatic heterocycles. The summed E-state index contributed by atoms with van der Waals surface area (Å²) in [6.07, 6.45) is 0. The molecule has 1 amide bonds. The van der Waals surface area contributed by atoms with Crippen molar-refractivity contribution in [3.8, 4) is 11.5 Å².